The minimum absolute atomic E-state index is 0.151. The molecule has 4 rings (SSSR count). The van der Waals surface area contributed by atoms with Crippen LogP contribution in [-0.4, -0.2) is 10.2 Å². The Morgan fingerprint density at radius 3 is 1.17 bits per heavy atom. The third-order valence-corrected chi connectivity index (χ3v) is 4.90. The monoisotopic (exact) mass is 398 g/mol. The van der Waals surface area contributed by atoms with E-state index in [4.69, 9.17) is 4.74 Å². The Morgan fingerprint density at radius 2 is 0.833 bits per heavy atom. The van der Waals surface area contributed by atoms with Gasteiger partial charge in [-0.3, -0.25) is 0 Å². The van der Waals surface area contributed by atoms with E-state index in [-0.39, 0.29) is 16.9 Å². The second-order valence-electron chi connectivity index (χ2n) is 7.45. The molecular formula is C27H26O3. The lowest BCUT2D eigenvalue weighted by atomic mass is 9.78. The molecule has 30 heavy (non-hydrogen) atoms. The molecule has 0 unspecified atom stereocenters. The number of phenolic OH excluding ortho intramolecular Hbond substituents is 2. The van der Waals surface area contributed by atoms with Gasteiger partial charge in [-0.1, -0.05) is 74.5 Å². The standard InChI is InChI=1S/C15H16O2.C12H10O/c1-15(2,11-3-7-13(16)8-4-11)12-5-9-14(17)10-6-12;1-3-7-11(8-4-1)13-12-9-5-2-6-10-12/h3-10,16-17H,1-2H3;1-10H. The van der Waals surface area contributed by atoms with E-state index in [1.807, 2.05) is 84.9 Å². The number of benzene rings is 4. The summed E-state index contributed by atoms with van der Waals surface area (Å²) in [5, 5.41) is 18.6. The molecule has 0 amide bonds. The molecule has 0 radical (unpaired) electrons. The first-order valence-electron chi connectivity index (χ1n) is 9.82. The van der Waals surface area contributed by atoms with Crippen LogP contribution in [0.2, 0.25) is 0 Å². The van der Waals surface area contributed by atoms with E-state index in [9.17, 15) is 10.2 Å². The number of hydrogen-bond donors (Lipinski definition) is 2. The Hall–Kier alpha value is -3.72. The van der Waals surface area contributed by atoms with Gasteiger partial charge in [0.15, 0.2) is 0 Å². The Labute approximate surface area is 177 Å². The van der Waals surface area contributed by atoms with Gasteiger partial charge in [-0.15, -0.1) is 0 Å². The molecular weight excluding hydrogens is 372 g/mol. The van der Waals surface area contributed by atoms with Crippen LogP contribution >= 0.6 is 0 Å². The minimum atomic E-state index is -0.151. The molecule has 0 aliphatic rings. The quantitative estimate of drug-likeness (QED) is 0.393. The van der Waals surface area contributed by atoms with Crippen LogP contribution in [0.1, 0.15) is 25.0 Å². The van der Waals surface area contributed by atoms with Crippen molar-refractivity contribution in [1.82, 2.24) is 0 Å². The topological polar surface area (TPSA) is 49.7 Å². The number of para-hydroxylation sites is 2. The Bertz CT molecular complexity index is 938. The van der Waals surface area contributed by atoms with Gasteiger partial charge >= 0.3 is 0 Å². The van der Waals surface area contributed by atoms with Gasteiger partial charge in [-0.2, -0.15) is 0 Å². The highest BCUT2D eigenvalue weighted by molar-refractivity contribution is 5.41. The van der Waals surface area contributed by atoms with Crippen molar-refractivity contribution in [1.29, 1.82) is 0 Å². The molecule has 152 valence electrons. The Balaban J connectivity index is 0.000000177. The largest absolute Gasteiger partial charge is 0.508 e. The van der Waals surface area contributed by atoms with Crippen molar-refractivity contribution in [2.24, 2.45) is 0 Å². The molecule has 0 saturated heterocycles. The highest BCUT2D eigenvalue weighted by Gasteiger charge is 2.22. The van der Waals surface area contributed by atoms with E-state index in [0.717, 1.165) is 22.6 Å². The van der Waals surface area contributed by atoms with E-state index in [1.165, 1.54) is 0 Å². The van der Waals surface area contributed by atoms with Crippen LogP contribution < -0.4 is 4.74 Å². The van der Waals surface area contributed by atoms with Crippen molar-refractivity contribution in [3.05, 3.63) is 120 Å². The average Bonchev–Trinajstić information content (AvgIpc) is 2.76. The van der Waals surface area contributed by atoms with Crippen LogP contribution in [0.5, 0.6) is 23.0 Å². The lowest BCUT2D eigenvalue weighted by Gasteiger charge is -2.26. The van der Waals surface area contributed by atoms with Gasteiger partial charge < -0.3 is 14.9 Å². The SMILES string of the molecule is CC(C)(c1ccc(O)cc1)c1ccc(O)cc1.c1ccc(Oc2ccccc2)cc1. The minimum Gasteiger partial charge on any atom is -0.508 e. The maximum Gasteiger partial charge on any atom is 0.127 e. The zero-order valence-electron chi connectivity index (χ0n) is 17.2. The molecule has 0 heterocycles. The molecule has 0 saturated carbocycles. The highest BCUT2D eigenvalue weighted by Crippen LogP contribution is 2.32. The van der Waals surface area contributed by atoms with E-state index in [2.05, 4.69) is 13.8 Å². The van der Waals surface area contributed by atoms with Crippen LogP contribution in [0.4, 0.5) is 0 Å². The van der Waals surface area contributed by atoms with Crippen LogP contribution in [0.25, 0.3) is 0 Å². The van der Waals surface area contributed by atoms with Gasteiger partial charge in [0.1, 0.15) is 23.0 Å². The summed E-state index contributed by atoms with van der Waals surface area (Å²) >= 11 is 0. The fraction of sp³-hybridized carbons (Fsp3) is 0.111. The van der Waals surface area contributed by atoms with E-state index in [0.29, 0.717) is 0 Å². The van der Waals surface area contributed by atoms with Crippen molar-refractivity contribution < 1.29 is 14.9 Å². The van der Waals surface area contributed by atoms with Crippen molar-refractivity contribution in [2.45, 2.75) is 19.3 Å². The van der Waals surface area contributed by atoms with Crippen molar-refractivity contribution >= 4 is 0 Å². The van der Waals surface area contributed by atoms with Crippen molar-refractivity contribution in [3.63, 3.8) is 0 Å². The highest BCUT2D eigenvalue weighted by atomic mass is 16.5. The van der Waals surface area contributed by atoms with Gasteiger partial charge in [0.2, 0.25) is 0 Å². The summed E-state index contributed by atoms with van der Waals surface area (Å²) in [5.74, 6) is 2.29. The molecule has 3 heteroatoms. The third kappa shape index (κ3) is 5.65. The lowest BCUT2D eigenvalue weighted by Crippen LogP contribution is -2.18. The molecule has 0 bridgehead atoms. The third-order valence-electron chi connectivity index (χ3n) is 4.90. The molecule has 0 aromatic heterocycles. The zero-order valence-corrected chi connectivity index (χ0v) is 17.2. The molecule has 4 aromatic carbocycles. The van der Waals surface area contributed by atoms with Crippen LogP contribution in [0.3, 0.4) is 0 Å². The second kappa shape index (κ2) is 9.66. The maximum atomic E-state index is 9.30. The predicted molar refractivity (Wildman–Crippen MR) is 121 cm³/mol. The number of hydrogen-bond acceptors (Lipinski definition) is 3. The first kappa shape index (κ1) is 21.0. The van der Waals surface area contributed by atoms with Gasteiger partial charge in [0.25, 0.3) is 0 Å². The molecule has 0 aliphatic carbocycles. The van der Waals surface area contributed by atoms with Gasteiger partial charge in [-0.25, -0.2) is 0 Å². The summed E-state index contributed by atoms with van der Waals surface area (Å²) in [6.45, 7) is 4.23. The summed E-state index contributed by atoms with van der Waals surface area (Å²) in [7, 11) is 0. The van der Waals surface area contributed by atoms with E-state index < -0.39 is 0 Å². The Morgan fingerprint density at radius 1 is 0.500 bits per heavy atom. The average molecular weight is 399 g/mol. The van der Waals surface area contributed by atoms with Crippen molar-refractivity contribution in [2.75, 3.05) is 0 Å². The molecule has 0 spiro atoms. The van der Waals surface area contributed by atoms with E-state index >= 15 is 0 Å². The molecule has 2 N–H and O–H groups in total. The van der Waals surface area contributed by atoms with Crippen LogP contribution in [0.15, 0.2) is 109 Å². The first-order chi connectivity index (χ1) is 14.4. The summed E-state index contributed by atoms with van der Waals surface area (Å²) in [5.41, 5.74) is 2.10. The molecule has 3 nitrogen and oxygen atoms in total. The van der Waals surface area contributed by atoms with E-state index in [1.54, 1.807) is 24.3 Å². The van der Waals surface area contributed by atoms with Gasteiger partial charge in [0.05, 0.1) is 0 Å². The van der Waals surface area contributed by atoms with Gasteiger partial charge in [-0.05, 0) is 59.7 Å². The molecule has 0 aliphatic heterocycles. The number of ether oxygens (including phenoxy) is 1. The lowest BCUT2D eigenvalue weighted by molar-refractivity contribution is 0.474. The molecule has 0 atom stereocenters. The summed E-state index contributed by atoms with van der Waals surface area (Å²) in [4.78, 5) is 0. The second-order valence-corrected chi connectivity index (χ2v) is 7.45. The summed E-state index contributed by atoms with van der Waals surface area (Å²) in [6, 6.07) is 34.0. The smallest absolute Gasteiger partial charge is 0.127 e. The zero-order chi connectivity index (χ0) is 21.4. The van der Waals surface area contributed by atoms with Gasteiger partial charge in [0, 0.05) is 5.41 Å². The predicted octanol–water partition coefficient (Wildman–Crippen LogP) is 6.90. The number of rotatable bonds is 4. The number of phenols is 2. The summed E-state index contributed by atoms with van der Waals surface area (Å²) in [6.07, 6.45) is 0. The number of aromatic hydroxyl groups is 2. The maximum absolute atomic E-state index is 9.30. The summed E-state index contributed by atoms with van der Waals surface area (Å²) < 4.78 is 5.58. The van der Waals surface area contributed by atoms with Crippen molar-refractivity contribution in [3.8, 4) is 23.0 Å². The van der Waals surface area contributed by atoms with Crippen LogP contribution in [-0.2, 0) is 5.41 Å². The Kier molecular flexibility index (Phi) is 6.76. The van der Waals surface area contributed by atoms with Crippen LogP contribution in [0, 0.1) is 0 Å². The fourth-order valence-electron chi connectivity index (χ4n) is 3.04. The fourth-order valence-corrected chi connectivity index (χ4v) is 3.04. The molecule has 4 aromatic rings. The normalized spacial score (nSPS) is 10.6. The first-order valence-corrected chi connectivity index (χ1v) is 9.82. The molecule has 0 fully saturated rings.